The molecular weight excluding hydrogens is 718 g/mol. The quantitative estimate of drug-likeness (QED) is 0.0533. The van der Waals surface area contributed by atoms with Crippen LogP contribution in [0, 0.1) is 0 Å². The molecule has 26 heteroatoms. The van der Waals surface area contributed by atoms with E-state index >= 15 is 0 Å². The summed E-state index contributed by atoms with van der Waals surface area (Å²) in [5.74, 6) is -5.62. The van der Waals surface area contributed by atoms with Crippen molar-refractivity contribution in [1.29, 1.82) is 0 Å². The summed E-state index contributed by atoms with van der Waals surface area (Å²) in [5.41, 5.74) is 18.3. The fourth-order valence-corrected chi connectivity index (χ4v) is 5.40. The molecule has 0 saturated heterocycles. The zero-order chi connectivity index (χ0) is 38.5. The third-order valence-electron chi connectivity index (χ3n) is 7.78. The molecule has 2 aromatic rings. The predicted molar refractivity (Wildman–Crippen MR) is 163 cm³/mol. The summed E-state index contributed by atoms with van der Waals surface area (Å²) < 4.78 is 84.9. The van der Waals surface area contributed by atoms with Gasteiger partial charge >= 0.3 is 24.3 Å². The van der Waals surface area contributed by atoms with Gasteiger partial charge in [0, 0.05) is 25.0 Å². The topological polar surface area (TPSA) is 301 Å². The van der Waals surface area contributed by atoms with Crippen molar-refractivity contribution in [3.8, 4) is 0 Å². The second-order valence-electron chi connectivity index (χ2n) is 11.7. The summed E-state index contributed by atoms with van der Waals surface area (Å²) in [4.78, 5) is 58.8. The first-order chi connectivity index (χ1) is 24.2. The zero-order valence-electron chi connectivity index (χ0n) is 26.7. The van der Waals surface area contributed by atoms with Gasteiger partial charge in [0.1, 0.15) is 13.1 Å². The van der Waals surface area contributed by atoms with Crippen molar-refractivity contribution >= 4 is 47.3 Å². The Bertz CT molecular complexity index is 1630. The highest BCUT2D eigenvalue weighted by Gasteiger charge is 2.50. The second-order valence-corrected chi connectivity index (χ2v) is 11.7. The van der Waals surface area contributed by atoms with E-state index in [2.05, 4.69) is 41.0 Å². The number of primary amides is 2. The summed E-state index contributed by atoms with van der Waals surface area (Å²) in [6, 6.07) is -1.31. The fourth-order valence-electron chi connectivity index (χ4n) is 5.40. The number of nitrogens with two attached hydrogens (primary N) is 4. The van der Waals surface area contributed by atoms with Gasteiger partial charge in [-0.2, -0.15) is 46.1 Å². The van der Waals surface area contributed by atoms with Gasteiger partial charge in [0.05, 0.1) is 24.5 Å². The maximum Gasteiger partial charge on any atom is 0.408 e. The number of nitrogens with one attached hydrogen (secondary N) is 2. The molecule has 0 aromatic carbocycles. The van der Waals surface area contributed by atoms with Gasteiger partial charge in [0.15, 0.2) is 34.8 Å². The molecule has 2 aromatic heterocycles. The number of nitrogens with zero attached hydrogens (tertiary/aromatic N) is 8. The number of guanidine groups is 2. The molecule has 2 aliphatic rings. The molecule has 2 fully saturated rings. The van der Waals surface area contributed by atoms with Crippen molar-refractivity contribution in [2.75, 3.05) is 23.7 Å². The van der Waals surface area contributed by atoms with E-state index in [1.807, 2.05) is 0 Å². The van der Waals surface area contributed by atoms with Crippen molar-refractivity contribution in [2.45, 2.75) is 74.2 Å². The van der Waals surface area contributed by atoms with Crippen LogP contribution in [0.25, 0.3) is 0 Å². The third-order valence-corrected chi connectivity index (χ3v) is 7.78. The number of aromatic nitrogens is 6. The minimum Gasteiger partial charge on any atom is -0.446 e. The maximum atomic E-state index is 12.7. The minimum atomic E-state index is -4.57. The molecule has 52 heavy (non-hydrogen) atoms. The van der Waals surface area contributed by atoms with Crippen LogP contribution >= 0.6 is 0 Å². The molecule has 2 saturated carbocycles. The minimum absolute atomic E-state index is 0.0538. The number of aliphatic imine (C=N–C) groups is 2. The Morgan fingerprint density at radius 3 is 1.44 bits per heavy atom. The molecule has 4 rings (SSSR count). The Morgan fingerprint density at radius 2 is 1.12 bits per heavy atom. The Labute approximate surface area is 288 Å². The summed E-state index contributed by atoms with van der Waals surface area (Å²) in [6.45, 7) is -3.04. The van der Waals surface area contributed by atoms with Gasteiger partial charge in [0.2, 0.25) is 0 Å². The van der Waals surface area contributed by atoms with Crippen LogP contribution in [-0.4, -0.2) is 102 Å². The molecule has 0 bridgehead atoms. The van der Waals surface area contributed by atoms with E-state index in [1.165, 1.54) is 0 Å². The number of ether oxygens (including phenoxy) is 2. The van der Waals surface area contributed by atoms with Crippen molar-refractivity contribution < 1.29 is 55.0 Å². The number of carbonyl (C=O) groups excluding carboxylic acids is 4. The van der Waals surface area contributed by atoms with E-state index in [4.69, 9.17) is 32.4 Å². The van der Waals surface area contributed by atoms with Crippen LogP contribution in [0.4, 0.5) is 38.0 Å². The largest absolute Gasteiger partial charge is 0.446 e. The van der Waals surface area contributed by atoms with E-state index in [9.17, 15) is 45.5 Å². The maximum absolute atomic E-state index is 12.7. The van der Waals surface area contributed by atoms with Crippen LogP contribution in [0.1, 0.15) is 50.6 Å². The average Bonchev–Trinajstić information content (AvgIpc) is 3.85. The van der Waals surface area contributed by atoms with Gasteiger partial charge in [-0.25, -0.2) is 19.6 Å². The lowest BCUT2D eigenvalue weighted by atomic mass is 10.0. The average molecular weight is 751 g/mol. The Morgan fingerprint density at radius 1 is 0.750 bits per heavy atom. The van der Waals surface area contributed by atoms with E-state index in [0.29, 0.717) is 12.2 Å². The molecule has 10 N–H and O–H groups in total. The Kier molecular flexibility index (Phi) is 11.3. The number of hydrogen-bond acceptors (Lipinski definition) is 12. The number of anilines is 2. The first-order valence-electron chi connectivity index (χ1n) is 15.0. The summed E-state index contributed by atoms with van der Waals surface area (Å²) in [7, 11) is 0. The molecule has 2 heterocycles. The standard InChI is InChI=1S/C26H32F6N14O6/c27-25(28,29)11-37-21(35)41-15-9-39-45(43-15)13-3-5-23(7-13,19(33)49)51-17(47)1-2-18(48)52-24(20(34)50)6-4-14(8-24)46-40-10-16(44-46)42-22(36)38-12-26(30,31)32/h1-2,9-10,13-14H,3-8,11-12H2,(H2,33,49)(H2,34,50)(H3,35,37,41,43)(H3,36,38,42,44)/b2-1-. The normalized spacial score (nSPS) is 24.2. The smallest absolute Gasteiger partial charge is 0.408 e. The van der Waals surface area contributed by atoms with E-state index in [0.717, 1.165) is 22.0 Å². The van der Waals surface area contributed by atoms with E-state index < -0.39 is 84.4 Å². The van der Waals surface area contributed by atoms with Crippen molar-refractivity contribution in [2.24, 2.45) is 32.9 Å². The fraction of sp³-hybridized carbons (Fsp3) is 0.538. The van der Waals surface area contributed by atoms with Gasteiger partial charge in [-0.3, -0.25) is 9.59 Å². The highest BCUT2D eigenvalue weighted by atomic mass is 19.4. The molecule has 284 valence electrons. The number of carbonyl (C=O) groups is 4. The van der Waals surface area contributed by atoms with Gasteiger partial charge in [-0.15, -0.1) is 10.2 Å². The molecule has 0 aliphatic heterocycles. The lowest BCUT2D eigenvalue weighted by Gasteiger charge is -2.25. The number of amides is 2. The molecule has 4 unspecified atom stereocenters. The number of rotatable bonds is 12. The predicted octanol–water partition coefficient (Wildman–Crippen LogP) is -0.312. The monoisotopic (exact) mass is 750 g/mol. The number of hydrogen-bond donors (Lipinski definition) is 6. The first-order valence-corrected chi connectivity index (χ1v) is 15.0. The van der Waals surface area contributed by atoms with Gasteiger partial charge in [-0.1, -0.05) is 0 Å². The molecule has 2 aliphatic carbocycles. The van der Waals surface area contributed by atoms with Crippen molar-refractivity contribution in [3.05, 3.63) is 24.5 Å². The van der Waals surface area contributed by atoms with E-state index in [-0.39, 0.29) is 50.2 Å². The molecule has 4 atom stereocenters. The van der Waals surface area contributed by atoms with Crippen LogP contribution in [0.15, 0.2) is 34.5 Å². The van der Waals surface area contributed by atoms with Gasteiger partial charge in [0.25, 0.3) is 11.8 Å². The third kappa shape index (κ3) is 10.3. The van der Waals surface area contributed by atoms with Gasteiger partial charge < -0.3 is 43.0 Å². The SMILES string of the molecule is NC(=O)C1(OC(=O)/C=C\C(=O)OC2(C(N)=O)CCC(n3ncc(NC(N)=NCC(F)(F)F)n3)C2)CCC(n2ncc(NC(N)=NCC(F)(F)F)n2)C1. The second kappa shape index (κ2) is 15.1. The van der Waals surface area contributed by atoms with Crippen molar-refractivity contribution in [1.82, 2.24) is 30.0 Å². The van der Waals surface area contributed by atoms with Crippen molar-refractivity contribution in [3.63, 3.8) is 0 Å². The summed E-state index contributed by atoms with van der Waals surface area (Å²) >= 11 is 0. The Balaban J connectivity index is 1.33. The number of alkyl halides is 6. The number of halogens is 6. The lowest BCUT2D eigenvalue weighted by Crippen LogP contribution is -2.46. The van der Waals surface area contributed by atoms with Crippen LogP contribution in [0.2, 0.25) is 0 Å². The van der Waals surface area contributed by atoms with E-state index in [1.54, 1.807) is 0 Å². The highest BCUT2D eigenvalue weighted by molar-refractivity contribution is 5.96. The summed E-state index contributed by atoms with van der Waals surface area (Å²) in [5, 5.41) is 20.8. The highest BCUT2D eigenvalue weighted by Crippen LogP contribution is 2.41. The van der Waals surface area contributed by atoms with Crippen LogP contribution in [-0.2, 0) is 28.7 Å². The molecule has 0 radical (unpaired) electrons. The number of esters is 2. The van der Waals surface area contributed by atoms with Crippen LogP contribution < -0.4 is 33.6 Å². The summed E-state index contributed by atoms with van der Waals surface area (Å²) in [6.07, 6.45) is -5.75. The molecule has 2 amide bonds. The molecular formula is C26H32F6N14O6. The molecule has 0 spiro atoms. The zero-order valence-corrected chi connectivity index (χ0v) is 26.7. The van der Waals surface area contributed by atoms with Crippen LogP contribution in [0.3, 0.4) is 0 Å². The lowest BCUT2D eigenvalue weighted by molar-refractivity contribution is -0.164. The first kappa shape index (κ1) is 38.8. The molecule has 20 nitrogen and oxygen atoms in total. The van der Waals surface area contributed by atoms with Crippen LogP contribution in [0.5, 0.6) is 0 Å². The van der Waals surface area contributed by atoms with Gasteiger partial charge in [-0.05, 0) is 25.7 Å². The Hall–Kier alpha value is -5.98.